The summed E-state index contributed by atoms with van der Waals surface area (Å²) in [4.78, 5) is 36.1. The van der Waals surface area contributed by atoms with E-state index in [9.17, 15) is 14.4 Å². The molecule has 202 valence electrons. The second-order valence-electron chi connectivity index (χ2n) is 9.14. The molecule has 0 amide bonds. The monoisotopic (exact) mass is 521 g/mol. The Balaban J connectivity index is 1.32. The highest BCUT2D eigenvalue weighted by Gasteiger charge is 2.30. The molecular weight excluding hydrogens is 486 g/mol. The molecule has 1 aliphatic rings. The number of hydrogen-bond acceptors (Lipinski definition) is 8. The van der Waals surface area contributed by atoms with Crippen molar-refractivity contribution in [3.8, 4) is 11.5 Å². The van der Waals surface area contributed by atoms with E-state index >= 15 is 0 Å². The predicted molar refractivity (Wildman–Crippen MR) is 143 cm³/mol. The summed E-state index contributed by atoms with van der Waals surface area (Å²) in [7, 11) is 0. The van der Waals surface area contributed by atoms with Gasteiger partial charge in [0.05, 0.1) is 24.7 Å². The van der Waals surface area contributed by atoms with Crippen LogP contribution >= 0.6 is 0 Å². The molecule has 0 aliphatic heterocycles. The zero-order valence-corrected chi connectivity index (χ0v) is 21.6. The first-order chi connectivity index (χ1) is 18.5. The lowest BCUT2D eigenvalue weighted by Gasteiger charge is -2.27. The van der Waals surface area contributed by atoms with Gasteiger partial charge in [-0.05, 0) is 81.7 Å². The van der Waals surface area contributed by atoms with E-state index in [4.69, 9.17) is 24.4 Å². The van der Waals surface area contributed by atoms with Crippen LogP contribution in [-0.4, -0.2) is 43.4 Å². The molecule has 0 spiro atoms. The van der Waals surface area contributed by atoms with E-state index in [1.807, 2.05) is 0 Å². The molecule has 8 nitrogen and oxygen atoms in total. The lowest BCUT2D eigenvalue weighted by molar-refractivity contribution is -0.140. The summed E-state index contributed by atoms with van der Waals surface area (Å²) in [5, 5.41) is 7.45. The van der Waals surface area contributed by atoms with E-state index in [2.05, 4.69) is 6.58 Å². The van der Waals surface area contributed by atoms with Crippen molar-refractivity contribution in [2.75, 3.05) is 13.2 Å². The molecule has 1 fully saturated rings. The standard InChI is InChI=1S/C30H35NO7/c1-2-28(32)36-20-8-4-3-7-19-35-24-15-17-26(18-16-24)37-29(33)22-11-13-25(14-12-22)38-30(34)27-10-6-5-9-23(27)21-31/h2,5-6,9-10,15-18,21-22,25,31H,1,3-4,7-8,11-14,19-20H2. The summed E-state index contributed by atoms with van der Waals surface area (Å²) in [6.45, 7) is 4.34. The molecule has 8 heteroatoms. The van der Waals surface area contributed by atoms with Crippen molar-refractivity contribution in [2.45, 2.75) is 57.5 Å². The van der Waals surface area contributed by atoms with Crippen LogP contribution in [0.2, 0.25) is 0 Å². The highest BCUT2D eigenvalue weighted by atomic mass is 16.5. The second-order valence-corrected chi connectivity index (χ2v) is 9.14. The first kappa shape index (κ1) is 28.6. The average molecular weight is 522 g/mol. The number of hydrogen-bond donors (Lipinski definition) is 1. The van der Waals surface area contributed by atoms with Crippen molar-refractivity contribution in [1.29, 1.82) is 5.41 Å². The minimum atomic E-state index is -0.441. The summed E-state index contributed by atoms with van der Waals surface area (Å²) < 4.78 is 21.9. The quantitative estimate of drug-likeness (QED) is 0.112. The molecule has 0 aromatic heterocycles. The highest BCUT2D eigenvalue weighted by Crippen LogP contribution is 2.29. The maximum absolute atomic E-state index is 12.6. The zero-order chi connectivity index (χ0) is 27.2. The Bertz CT molecular complexity index is 1090. The summed E-state index contributed by atoms with van der Waals surface area (Å²) in [6, 6.07) is 13.9. The van der Waals surface area contributed by atoms with E-state index < -0.39 is 11.9 Å². The molecule has 0 bridgehead atoms. The Morgan fingerprint density at radius 1 is 0.868 bits per heavy atom. The molecule has 3 rings (SSSR count). The number of carbonyl (C=O) groups is 3. The van der Waals surface area contributed by atoms with Crippen LogP contribution in [0.25, 0.3) is 0 Å². The van der Waals surface area contributed by atoms with E-state index in [1.54, 1.807) is 48.5 Å². The zero-order valence-electron chi connectivity index (χ0n) is 21.6. The maximum atomic E-state index is 12.6. The Kier molecular flexibility index (Phi) is 11.6. The fourth-order valence-corrected chi connectivity index (χ4v) is 4.22. The number of esters is 3. The first-order valence-corrected chi connectivity index (χ1v) is 13.0. The Morgan fingerprint density at radius 3 is 2.21 bits per heavy atom. The van der Waals surface area contributed by atoms with E-state index in [-0.39, 0.29) is 18.0 Å². The summed E-state index contributed by atoms with van der Waals surface area (Å²) in [6.07, 6.45) is 8.01. The molecule has 0 unspecified atom stereocenters. The van der Waals surface area contributed by atoms with Crippen molar-refractivity contribution >= 4 is 24.1 Å². The van der Waals surface area contributed by atoms with Crippen LogP contribution < -0.4 is 9.47 Å². The van der Waals surface area contributed by atoms with Crippen LogP contribution in [-0.2, 0) is 19.1 Å². The Morgan fingerprint density at radius 2 is 1.53 bits per heavy atom. The van der Waals surface area contributed by atoms with Gasteiger partial charge in [-0.2, -0.15) is 0 Å². The van der Waals surface area contributed by atoms with Crippen molar-refractivity contribution in [3.05, 3.63) is 72.3 Å². The Hall–Kier alpha value is -3.94. The van der Waals surface area contributed by atoms with Crippen molar-refractivity contribution < 1.29 is 33.3 Å². The lowest BCUT2D eigenvalue weighted by Crippen LogP contribution is -2.30. The molecular formula is C30H35NO7. The first-order valence-electron chi connectivity index (χ1n) is 13.0. The van der Waals surface area contributed by atoms with E-state index in [1.165, 1.54) is 0 Å². The number of ether oxygens (including phenoxy) is 4. The van der Waals surface area contributed by atoms with Crippen molar-refractivity contribution in [3.63, 3.8) is 0 Å². The molecule has 0 radical (unpaired) electrons. The summed E-state index contributed by atoms with van der Waals surface area (Å²) in [5.74, 6) is -0.184. The van der Waals surface area contributed by atoms with Crippen LogP contribution in [0.15, 0.2) is 61.2 Å². The minimum absolute atomic E-state index is 0.241. The molecule has 0 atom stereocenters. The fraction of sp³-hybridized carbons (Fsp3) is 0.400. The number of nitrogens with one attached hydrogen (secondary N) is 1. The molecule has 1 N–H and O–H groups in total. The van der Waals surface area contributed by atoms with Gasteiger partial charge in [0, 0.05) is 17.9 Å². The minimum Gasteiger partial charge on any atom is -0.494 e. The van der Waals surface area contributed by atoms with Crippen LogP contribution in [0.3, 0.4) is 0 Å². The third-order valence-corrected chi connectivity index (χ3v) is 6.38. The number of carbonyl (C=O) groups excluding carboxylic acids is 3. The average Bonchev–Trinajstić information content (AvgIpc) is 2.95. The molecule has 0 heterocycles. The molecule has 0 saturated heterocycles. The van der Waals surface area contributed by atoms with Crippen LogP contribution in [0.4, 0.5) is 0 Å². The lowest BCUT2D eigenvalue weighted by atomic mass is 9.87. The predicted octanol–water partition coefficient (Wildman–Crippen LogP) is 5.67. The summed E-state index contributed by atoms with van der Waals surface area (Å²) in [5.41, 5.74) is 0.895. The van der Waals surface area contributed by atoms with Gasteiger partial charge in [-0.15, -0.1) is 0 Å². The smallest absolute Gasteiger partial charge is 0.339 e. The van der Waals surface area contributed by atoms with Gasteiger partial charge in [-0.3, -0.25) is 4.79 Å². The topological polar surface area (TPSA) is 112 Å². The van der Waals surface area contributed by atoms with Gasteiger partial charge < -0.3 is 24.4 Å². The second kappa shape index (κ2) is 15.3. The van der Waals surface area contributed by atoms with Crippen molar-refractivity contribution in [1.82, 2.24) is 0 Å². The maximum Gasteiger partial charge on any atom is 0.339 e. The van der Waals surface area contributed by atoms with Crippen LogP contribution in [0, 0.1) is 11.3 Å². The Labute approximate surface area is 223 Å². The van der Waals surface area contributed by atoms with Gasteiger partial charge in [0.15, 0.2) is 0 Å². The number of rotatable bonds is 14. The van der Waals surface area contributed by atoms with Crippen LogP contribution in [0.5, 0.6) is 11.5 Å². The SMILES string of the molecule is C=CC(=O)OCCCCCCOc1ccc(OC(=O)C2CCC(OC(=O)c3ccccc3C=N)CC2)cc1. The number of benzene rings is 2. The fourth-order valence-electron chi connectivity index (χ4n) is 4.22. The van der Waals surface area contributed by atoms with Gasteiger partial charge in [0.2, 0.25) is 0 Å². The van der Waals surface area contributed by atoms with E-state index in [0.717, 1.165) is 38.0 Å². The molecule has 1 aliphatic carbocycles. The normalized spacial score (nSPS) is 16.6. The molecule has 38 heavy (non-hydrogen) atoms. The molecule has 2 aromatic carbocycles. The molecule has 2 aromatic rings. The van der Waals surface area contributed by atoms with Gasteiger partial charge >= 0.3 is 17.9 Å². The van der Waals surface area contributed by atoms with E-state index in [0.29, 0.717) is 61.5 Å². The van der Waals surface area contributed by atoms with Gasteiger partial charge in [0.25, 0.3) is 0 Å². The van der Waals surface area contributed by atoms with Crippen molar-refractivity contribution in [2.24, 2.45) is 5.92 Å². The third kappa shape index (κ3) is 9.18. The van der Waals surface area contributed by atoms with Crippen LogP contribution in [0.1, 0.15) is 67.3 Å². The van der Waals surface area contributed by atoms with Gasteiger partial charge in [-0.25, -0.2) is 9.59 Å². The summed E-state index contributed by atoms with van der Waals surface area (Å²) >= 11 is 0. The highest BCUT2D eigenvalue weighted by molar-refractivity contribution is 5.98. The van der Waals surface area contributed by atoms with Gasteiger partial charge in [0.1, 0.15) is 17.6 Å². The largest absolute Gasteiger partial charge is 0.494 e. The molecule has 1 saturated carbocycles. The number of unbranched alkanes of at least 4 members (excludes halogenated alkanes) is 3. The van der Waals surface area contributed by atoms with Gasteiger partial charge in [-0.1, -0.05) is 24.8 Å². The third-order valence-electron chi connectivity index (χ3n) is 6.38.